The van der Waals surface area contributed by atoms with Crippen LogP contribution in [0.4, 0.5) is 0 Å². The quantitative estimate of drug-likeness (QED) is 0.754. The van der Waals surface area contributed by atoms with E-state index in [1.807, 2.05) is 11.8 Å². The molecule has 1 rings (SSSR count). The molecule has 2 N–H and O–H groups in total. The fourth-order valence-corrected chi connectivity index (χ4v) is 3.23. The van der Waals surface area contributed by atoms with Gasteiger partial charge in [0.05, 0.1) is 0 Å². The zero-order valence-electron chi connectivity index (χ0n) is 11.2. The number of nitrogens with zero attached hydrogens (tertiary/aromatic N) is 1. The molecule has 0 amide bonds. The lowest BCUT2D eigenvalue weighted by Gasteiger charge is -2.41. The Labute approximate surface area is 105 Å². The molecule has 1 aliphatic carbocycles. The average Bonchev–Trinajstić information content (AvgIpc) is 2.49. The first kappa shape index (κ1) is 14.3. The highest BCUT2D eigenvalue weighted by Crippen LogP contribution is 2.33. The Hall–Kier alpha value is 0.270. The molecule has 1 saturated carbocycles. The van der Waals surface area contributed by atoms with Crippen LogP contribution in [0.15, 0.2) is 0 Å². The molecule has 2 atom stereocenters. The predicted molar refractivity (Wildman–Crippen MR) is 75.0 cm³/mol. The minimum atomic E-state index is 0.292. The molecule has 0 radical (unpaired) electrons. The fourth-order valence-electron chi connectivity index (χ4n) is 2.77. The molecule has 2 unspecified atom stereocenters. The Bertz CT molecular complexity index is 198. The molecule has 96 valence electrons. The van der Waals surface area contributed by atoms with Crippen LogP contribution in [0.2, 0.25) is 0 Å². The van der Waals surface area contributed by atoms with Crippen molar-refractivity contribution in [2.24, 2.45) is 11.7 Å². The van der Waals surface area contributed by atoms with Gasteiger partial charge in [0.25, 0.3) is 0 Å². The lowest BCUT2D eigenvalue weighted by atomic mass is 9.88. The second kappa shape index (κ2) is 6.87. The topological polar surface area (TPSA) is 29.3 Å². The number of likely N-dealkylation sites (N-methyl/N-ethyl adjacent to an activating group) is 1. The van der Waals surface area contributed by atoms with E-state index >= 15 is 0 Å². The summed E-state index contributed by atoms with van der Waals surface area (Å²) in [5.74, 6) is 2.11. The third kappa shape index (κ3) is 3.64. The number of thioether (sulfide) groups is 1. The summed E-state index contributed by atoms with van der Waals surface area (Å²) in [5, 5.41) is 0. The van der Waals surface area contributed by atoms with E-state index in [-0.39, 0.29) is 0 Å². The van der Waals surface area contributed by atoms with Gasteiger partial charge in [0.2, 0.25) is 0 Å². The van der Waals surface area contributed by atoms with Crippen molar-refractivity contribution in [3.8, 4) is 0 Å². The lowest BCUT2D eigenvalue weighted by Crippen LogP contribution is -2.52. The molecule has 0 bridgehead atoms. The van der Waals surface area contributed by atoms with Gasteiger partial charge in [-0.25, -0.2) is 0 Å². The molecule has 3 heteroatoms. The van der Waals surface area contributed by atoms with E-state index in [0.717, 1.165) is 12.5 Å². The maximum absolute atomic E-state index is 6.08. The maximum Gasteiger partial charge on any atom is 0.0329 e. The summed E-state index contributed by atoms with van der Waals surface area (Å²) in [7, 11) is 2.26. The molecule has 0 aromatic heterocycles. The minimum Gasteiger partial charge on any atom is -0.329 e. The van der Waals surface area contributed by atoms with E-state index in [1.54, 1.807) is 0 Å². The summed E-state index contributed by atoms with van der Waals surface area (Å²) >= 11 is 1.93. The predicted octanol–water partition coefficient (Wildman–Crippen LogP) is 2.58. The van der Waals surface area contributed by atoms with Crippen molar-refractivity contribution in [2.45, 2.75) is 44.6 Å². The van der Waals surface area contributed by atoms with Crippen LogP contribution in [0, 0.1) is 5.92 Å². The van der Waals surface area contributed by atoms with E-state index in [4.69, 9.17) is 5.73 Å². The first-order valence-electron chi connectivity index (χ1n) is 6.55. The molecule has 0 aliphatic heterocycles. The standard InChI is InChI=1S/C13H28N2S/c1-12-5-4-7-13(11-14,8-6-12)15(2)9-10-16-3/h12H,4-11,14H2,1-3H3. The van der Waals surface area contributed by atoms with Crippen LogP contribution >= 0.6 is 11.8 Å². The number of hydrogen-bond donors (Lipinski definition) is 1. The second-order valence-electron chi connectivity index (χ2n) is 5.38. The Kier molecular flexibility index (Phi) is 6.16. The van der Waals surface area contributed by atoms with Gasteiger partial charge in [-0.1, -0.05) is 19.8 Å². The Morgan fingerprint density at radius 1 is 1.38 bits per heavy atom. The van der Waals surface area contributed by atoms with Gasteiger partial charge in [0.1, 0.15) is 0 Å². The van der Waals surface area contributed by atoms with Gasteiger partial charge in [-0.3, -0.25) is 4.90 Å². The molecule has 0 saturated heterocycles. The maximum atomic E-state index is 6.08. The second-order valence-corrected chi connectivity index (χ2v) is 6.36. The molecule has 1 aliphatic rings. The van der Waals surface area contributed by atoms with Crippen LogP contribution in [0.1, 0.15) is 39.0 Å². The first-order valence-corrected chi connectivity index (χ1v) is 7.94. The van der Waals surface area contributed by atoms with Gasteiger partial charge in [-0.05, 0) is 38.5 Å². The SMILES string of the molecule is CSCCN(C)C1(CN)CCCC(C)CC1. The summed E-state index contributed by atoms with van der Waals surface area (Å²) in [6, 6.07) is 0. The monoisotopic (exact) mass is 244 g/mol. The Morgan fingerprint density at radius 3 is 2.75 bits per heavy atom. The zero-order chi connectivity index (χ0) is 12.0. The zero-order valence-corrected chi connectivity index (χ0v) is 12.0. The number of nitrogens with two attached hydrogens (primary N) is 1. The van der Waals surface area contributed by atoms with Crippen LogP contribution in [0.5, 0.6) is 0 Å². The van der Waals surface area contributed by atoms with E-state index in [9.17, 15) is 0 Å². The molecule has 0 aromatic carbocycles. The van der Waals surface area contributed by atoms with E-state index in [1.165, 1.54) is 44.4 Å². The summed E-state index contributed by atoms with van der Waals surface area (Å²) in [6.45, 7) is 4.38. The molecular formula is C13H28N2S. The normalized spacial score (nSPS) is 31.7. The van der Waals surface area contributed by atoms with Gasteiger partial charge in [0.15, 0.2) is 0 Å². The highest BCUT2D eigenvalue weighted by molar-refractivity contribution is 7.98. The van der Waals surface area contributed by atoms with Crippen molar-refractivity contribution in [2.75, 3.05) is 32.1 Å². The van der Waals surface area contributed by atoms with Gasteiger partial charge in [-0.2, -0.15) is 11.8 Å². The number of hydrogen-bond acceptors (Lipinski definition) is 3. The largest absolute Gasteiger partial charge is 0.329 e. The number of rotatable bonds is 5. The van der Waals surface area contributed by atoms with Crippen LogP contribution in [0.25, 0.3) is 0 Å². The van der Waals surface area contributed by atoms with Crippen molar-refractivity contribution >= 4 is 11.8 Å². The average molecular weight is 244 g/mol. The van der Waals surface area contributed by atoms with Crippen LogP contribution < -0.4 is 5.73 Å². The third-order valence-corrected chi connectivity index (χ3v) is 4.85. The van der Waals surface area contributed by atoms with Crippen molar-refractivity contribution in [3.05, 3.63) is 0 Å². The van der Waals surface area contributed by atoms with Crippen molar-refractivity contribution in [3.63, 3.8) is 0 Å². The summed E-state index contributed by atoms with van der Waals surface area (Å²) < 4.78 is 0. The molecule has 0 heterocycles. The van der Waals surface area contributed by atoms with Gasteiger partial charge in [-0.15, -0.1) is 0 Å². The molecule has 0 aromatic rings. The molecule has 1 fully saturated rings. The van der Waals surface area contributed by atoms with Crippen LogP contribution in [-0.2, 0) is 0 Å². The molecular weight excluding hydrogens is 216 g/mol. The first-order chi connectivity index (χ1) is 7.64. The van der Waals surface area contributed by atoms with Gasteiger partial charge in [0, 0.05) is 24.4 Å². The van der Waals surface area contributed by atoms with Crippen molar-refractivity contribution < 1.29 is 0 Å². The fraction of sp³-hybridized carbons (Fsp3) is 1.00. The molecule has 2 nitrogen and oxygen atoms in total. The highest BCUT2D eigenvalue weighted by atomic mass is 32.2. The van der Waals surface area contributed by atoms with Crippen molar-refractivity contribution in [1.82, 2.24) is 4.90 Å². The molecule has 0 spiro atoms. The van der Waals surface area contributed by atoms with Crippen LogP contribution in [-0.4, -0.2) is 42.6 Å². The van der Waals surface area contributed by atoms with Gasteiger partial charge < -0.3 is 5.73 Å². The van der Waals surface area contributed by atoms with E-state index < -0.39 is 0 Å². The highest BCUT2D eigenvalue weighted by Gasteiger charge is 2.34. The lowest BCUT2D eigenvalue weighted by molar-refractivity contribution is 0.114. The Balaban J connectivity index is 2.59. The summed E-state index contributed by atoms with van der Waals surface area (Å²) in [5.41, 5.74) is 6.37. The Morgan fingerprint density at radius 2 is 2.12 bits per heavy atom. The summed E-state index contributed by atoms with van der Waals surface area (Å²) in [4.78, 5) is 2.53. The summed E-state index contributed by atoms with van der Waals surface area (Å²) in [6.07, 6.45) is 8.84. The minimum absolute atomic E-state index is 0.292. The van der Waals surface area contributed by atoms with Crippen LogP contribution in [0.3, 0.4) is 0 Å². The van der Waals surface area contributed by atoms with E-state index in [2.05, 4.69) is 25.1 Å². The molecule has 16 heavy (non-hydrogen) atoms. The smallest absolute Gasteiger partial charge is 0.0329 e. The van der Waals surface area contributed by atoms with Crippen molar-refractivity contribution in [1.29, 1.82) is 0 Å². The third-order valence-electron chi connectivity index (χ3n) is 4.26. The van der Waals surface area contributed by atoms with E-state index in [0.29, 0.717) is 5.54 Å². The van der Waals surface area contributed by atoms with Gasteiger partial charge >= 0.3 is 0 Å².